The Morgan fingerprint density at radius 3 is 2.68 bits per heavy atom. The zero-order chi connectivity index (χ0) is 20.5. The normalized spacial score (nSPS) is 11.9. The van der Waals surface area contributed by atoms with Crippen LogP contribution in [0.3, 0.4) is 0 Å². The minimum atomic E-state index is -0.381. The van der Waals surface area contributed by atoms with Gasteiger partial charge in [-0.15, -0.1) is 0 Å². The van der Waals surface area contributed by atoms with Gasteiger partial charge in [0.2, 0.25) is 0 Å². The fourth-order valence-electron chi connectivity index (χ4n) is 2.10. The molecule has 1 amide bonds. The minimum absolute atomic E-state index is 0.0101. The molecule has 8 heteroatoms. The van der Waals surface area contributed by atoms with Crippen LogP contribution < -0.4 is 19.6 Å². The first-order valence-electron chi connectivity index (χ1n) is 8.67. The number of hydrogen-bond donors (Lipinski definition) is 1. The second-order valence-corrected chi connectivity index (χ2v) is 7.23. The standard InChI is InChI=1S/C20H22BrClN2O4/c1-4-13(2)28-20-17(22)9-14(10-18(20)26-3)11-23-24-19(25)12-27-16-7-5-15(21)6-8-16/h5-11,13H,4,12H2,1-3H3,(H,24,25)/b23-11-/t13-/m1/s1. The largest absolute Gasteiger partial charge is 0.493 e. The molecular formula is C20H22BrClN2O4. The van der Waals surface area contributed by atoms with E-state index < -0.39 is 0 Å². The number of nitrogens with zero attached hydrogens (tertiary/aromatic N) is 1. The van der Waals surface area contributed by atoms with Crippen molar-refractivity contribution >= 4 is 39.7 Å². The van der Waals surface area contributed by atoms with Gasteiger partial charge in [-0.2, -0.15) is 5.10 Å². The third-order valence-corrected chi connectivity index (χ3v) is 4.54. The van der Waals surface area contributed by atoms with E-state index in [9.17, 15) is 4.79 Å². The molecule has 0 unspecified atom stereocenters. The molecule has 0 aromatic heterocycles. The predicted molar refractivity (Wildman–Crippen MR) is 114 cm³/mol. The second-order valence-electron chi connectivity index (χ2n) is 5.91. The summed E-state index contributed by atoms with van der Waals surface area (Å²) in [6.07, 6.45) is 2.33. The Bertz CT molecular complexity index is 828. The molecule has 1 N–H and O–H groups in total. The average molecular weight is 470 g/mol. The summed E-state index contributed by atoms with van der Waals surface area (Å²) in [6.45, 7) is 3.83. The van der Waals surface area contributed by atoms with Crippen molar-refractivity contribution in [3.8, 4) is 17.2 Å². The van der Waals surface area contributed by atoms with Gasteiger partial charge in [-0.25, -0.2) is 5.43 Å². The number of methoxy groups -OCH3 is 1. The van der Waals surface area contributed by atoms with Crippen LogP contribution in [0.5, 0.6) is 17.2 Å². The van der Waals surface area contributed by atoms with Crippen molar-refractivity contribution in [1.29, 1.82) is 0 Å². The molecule has 6 nitrogen and oxygen atoms in total. The van der Waals surface area contributed by atoms with Crippen LogP contribution in [-0.2, 0) is 4.79 Å². The highest BCUT2D eigenvalue weighted by Crippen LogP contribution is 2.37. The fourth-order valence-corrected chi connectivity index (χ4v) is 2.63. The molecule has 0 saturated heterocycles. The van der Waals surface area contributed by atoms with E-state index in [0.29, 0.717) is 27.8 Å². The van der Waals surface area contributed by atoms with E-state index >= 15 is 0 Å². The van der Waals surface area contributed by atoms with Gasteiger partial charge in [0.1, 0.15) is 5.75 Å². The Hall–Kier alpha value is -2.25. The summed E-state index contributed by atoms with van der Waals surface area (Å²) in [5.41, 5.74) is 3.07. The molecule has 2 aromatic carbocycles. The van der Waals surface area contributed by atoms with Gasteiger partial charge in [0.15, 0.2) is 18.1 Å². The number of benzene rings is 2. The molecule has 2 aromatic rings. The Labute approximate surface area is 177 Å². The first-order chi connectivity index (χ1) is 13.4. The zero-order valence-corrected chi connectivity index (χ0v) is 18.2. The lowest BCUT2D eigenvalue weighted by Crippen LogP contribution is -2.24. The molecule has 28 heavy (non-hydrogen) atoms. The van der Waals surface area contributed by atoms with Crippen LogP contribution in [0.25, 0.3) is 0 Å². The van der Waals surface area contributed by atoms with E-state index in [-0.39, 0.29) is 18.6 Å². The van der Waals surface area contributed by atoms with Gasteiger partial charge in [0.05, 0.1) is 24.5 Å². The van der Waals surface area contributed by atoms with Crippen molar-refractivity contribution in [3.05, 3.63) is 51.5 Å². The summed E-state index contributed by atoms with van der Waals surface area (Å²) in [4.78, 5) is 11.8. The predicted octanol–water partition coefficient (Wildman–Crippen LogP) is 4.82. The van der Waals surface area contributed by atoms with E-state index in [1.165, 1.54) is 13.3 Å². The lowest BCUT2D eigenvalue weighted by atomic mass is 10.2. The highest BCUT2D eigenvalue weighted by Gasteiger charge is 2.14. The molecule has 0 bridgehead atoms. The van der Waals surface area contributed by atoms with Crippen molar-refractivity contribution in [2.45, 2.75) is 26.4 Å². The number of rotatable bonds is 9. The van der Waals surface area contributed by atoms with E-state index in [1.54, 1.807) is 24.3 Å². The number of hydrogen-bond acceptors (Lipinski definition) is 5. The van der Waals surface area contributed by atoms with Gasteiger partial charge in [0, 0.05) is 4.47 Å². The second kappa shape index (κ2) is 10.9. The maximum absolute atomic E-state index is 11.8. The summed E-state index contributed by atoms with van der Waals surface area (Å²) in [6, 6.07) is 10.6. The molecule has 150 valence electrons. The molecule has 0 spiro atoms. The molecule has 0 aliphatic rings. The van der Waals surface area contributed by atoms with Gasteiger partial charge in [-0.3, -0.25) is 4.79 Å². The van der Waals surface area contributed by atoms with E-state index in [4.69, 9.17) is 25.8 Å². The monoisotopic (exact) mass is 468 g/mol. The van der Waals surface area contributed by atoms with Crippen molar-refractivity contribution in [3.63, 3.8) is 0 Å². The molecule has 0 aliphatic heterocycles. The first-order valence-corrected chi connectivity index (χ1v) is 9.84. The summed E-state index contributed by atoms with van der Waals surface area (Å²) >= 11 is 9.64. The number of amides is 1. The molecule has 0 aliphatic carbocycles. The Morgan fingerprint density at radius 2 is 2.04 bits per heavy atom. The van der Waals surface area contributed by atoms with E-state index in [1.807, 2.05) is 26.0 Å². The molecule has 1 atom stereocenters. The smallest absolute Gasteiger partial charge is 0.277 e. The Balaban J connectivity index is 1.94. The van der Waals surface area contributed by atoms with Gasteiger partial charge in [-0.1, -0.05) is 34.5 Å². The van der Waals surface area contributed by atoms with Crippen LogP contribution in [0, 0.1) is 0 Å². The van der Waals surface area contributed by atoms with Gasteiger partial charge < -0.3 is 14.2 Å². The number of carbonyl (C=O) groups is 1. The van der Waals surface area contributed by atoms with Crippen LogP contribution in [-0.4, -0.2) is 31.9 Å². The maximum Gasteiger partial charge on any atom is 0.277 e. The summed E-state index contributed by atoms with van der Waals surface area (Å²) in [5, 5.41) is 4.33. The van der Waals surface area contributed by atoms with Crippen molar-refractivity contribution in [1.82, 2.24) is 5.43 Å². The minimum Gasteiger partial charge on any atom is -0.493 e. The van der Waals surface area contributed by atoms with E-state index in [0.717, 1.165) is 10.9 Å². The van der Waals surface area contributed by atoms with Crippen LogP contribution in [0.1, 0.15) is 25.8 Å². The Kier molecular flexibility index (Phi) is 8.60. The quantitative estimate of drug-likeness (QED) is 0.422. The number of hydrazone groups is 1. The van der Waals surface area contributed by atoms with Crippen LogP contribution >= 0.6 is 27.5 Å². The third-order valence-electron chi connectivity index (χ3n) is 3.73. The molecule has 0 radical (unpaired) electrons. The maximum atomic E-state index is 11.8. The van der Waals surface area contributed by atoms with Crippen molar-refractivity contribution in [2.24, 2.45) is 5.10 Å². The summed E-state index contributed by atoms with van der Waals surface area (Å²) in [5.74, 6) is 1.20. The molecule has 2 rings (SSSR count). The van der Waals surface area contributed by atoms with Gasteiger partial charge in [-0.05, 0) is 55.3 Å². The number of halogens is 2. The fraction of sp³-hybridized carbons (Fsp3) is 0.300. The first kappa shape index (κ1) is 22.0. The van der Waals surface area contributed by atoms with E-state index in [2.05, 4.69) is 26.5 Å². The topological polar surface area (TPSA) is 69.2 Å². The molecule has 0 saturated carbocycles. The average Bonchev–Trinajstić information content (AvgIpc) is 2.69. The Morgan fingerprint density at radius 1 is 1.32 bits per heavy atom. The lowest BCUT2D eigenvalue weighted by Gasteiger charge is -2.17. The van der Waals surface area contributed by atoms with Gasteiger partial charge in [0.25, 0.3) is 5.91 Å². The van der Waals surface area contributed by atoms with Crippen LogP contribution in [0.4, 0.5) is 0 Å². The highest BCUT2D eigenvalue weighted by atomic mass is 79.9. The molecular weight excluding hydrogens is 448 g/mol. The van der Waals surface area contributed by atoms with Crippen molar-refractivity contribution in [2.75, 3.05) is 13.7 Å². The number of carbonyl (C=O) groups excluding carboxylic acids is 1. The zero-order valence-electron chi connectivity index (χ0n) is 15.9. The highest BCUT2D eigenvalue weighted by molar-refractivity contribution is 9.10. The summed E-state index contributed by atoms with van der Waals surface area (Å²) in [7, 11) is 1.54. The molecule has 0 fully saturated rings. The molecule has 0 heterocycles. The number of nitrogens with one attached hydrogen (secondary N) is 1. The van der Waals surface area contributed by atoms with Crippen LogP contribution in [0.15, 0.2) is 46.0 Å². The SMILES string of the molecule is CC[C@@H](C)Oc1c(Cl)cc(/C=N\NC(=O)COc2ccc(Br)cc2)cc1OC. The lowest BCUT2D eigenvalue weighted by molar-refractivity contribution is -0.123. The number of ether oxygens (including phenoxy) is 3. The third kappa shape index (κ3) is 6.73. The summed E-state index contributed by atoms with van der Waals surface area (Å²) < 4.78 is 17.5. The van der Waals surface area contributed by atoms with Gasteiger partial charge >= 0.3 is 0 Å². The van der Waals surface area contributed by atoms with Crippen molar-refractivity contribution < 1.29 is 19.0 Å². The van der Waals surface area contributed by atoms with Crippen LogP contribution in [0.2, 0.25) is 5.02 Å².